The van der Waals surface area contributed by atoms with Gasteiger partial charge in [-0.25, -0.2) is 0 Å². The Morgan fingerprint density at radius 2 is 1.50 bits per heavy atom. The molecule has 88 valence electrons. The van der Waals surface area contributed by atoms with Crippen molar-refractivity contribution in [3.05, 3.63) is 35.9 Å². The topological polar surface area (TPSA) is 0 Å². The van der Waals surface area contributed by atoms with Crippen molar-refractivity contribution >= 4 is 28.2 Å². The molecule has 0 saturated carbocycles. The molecule has 0 heterocycles. The van der Waals surface area contributed by atoms with Gasteiger partial charge in [0.1, 0.15) is 0 Å². The van der Waals surface area contributed by atoms with Crippen molar-refractivity contribution in [2.75, 3.05) is 0 Å². The van der Waals surface area contributed by atoms with Crippen LogP contribution in [0.25, 0.3) is 0 Å². The van der Waals surface area contributed by atoms with Gasteiger partial charge >= 0.3 is 0 Å². The number of rotatable bonds is 2. The van der Waals surface area contributed by atoms with E-state index >= 15 is 0 Å². The molecule has 0 unspecified atom stereocenters. The summed E-state index contributed by atoms with van der Waals surface area (Å²) >= 11 is 7.29. The largest absolute Gasteiger partial charge is 0.107 e. The van der Waals surface area contributed by atoms with Gasteiger partial charge < -0.3 is 0 Å². The van der Waals surface area contributed by atoms with E-state index in [2.05, 4.69) is 46.8 Å². The Bertz CT molecular complexity index is 358. The highest BCUT2D eigenvalue weighted by Crippen LogP contribution is 2.42. The molecule has 1 aromatic rings. The second kappa shape index (κ2) is 4.89. The smallest absolute Gasteiger partial charge is 0.0783 e. The lowest BCUT2D eigenvalue weighted by Crippen LogP contribution is -2.34. The molecule has 2 heteroatoms. The van der Waals surface area contributed by atoms with Gasteiger partial charge in [0.25, 0.3) is 0 Å². The van der Waals surface area contributed by atoms with Crippen LogP contribution in [0.1, 0.15) is 40.2 Å². The minimum absolute atomic E-state index is 0.139. The summed E-state index contributed by atoms with van der Waals surface area (Å²) in [6.07, 6.45) is 0. The third kappa shape index (κ3) is 3.33. The van der Waals surface area contributed by atoms with E-state index in [1.807, 2.05) is 18.2 Å². The lowest BCUT2D eigenvalue weighted by molar-refractivity contribution is 0.321. The highest BCUT2D eigenvalue weighted by molar-refractivity contribution is 8.24. The summed E-state index contributed by atoms with van der Waals surface area (Å²) in [6.45, 7) is 11.3. The van der Waals surface area contributed by atoms with E-state index in [1.54, 1.807) is 11.8 Å². The molecule has 0 N–H and O–H groups in total. The fourth-order valence-electron chi connectivity index (χ4n) is 1.02. The van der Waals surface area contributed by atoms with Gasteiger partial charge in [-0.1, -0.05) is 63.3 Å². The molecule has 1 rings (SSSR count). The van der Waals surface area contributed by atoms with Crippen molar-refractivity contribution in [3.63, 3.8) is 0 Å². The normalized spacial score (nSPS) is 12.6. The number of thiocarbonyl (C=S) groups is 1. The van der Waals surface area contributed by atoms with Crippen LogP contribution in [0.2, 0.25) is 0 Å². The molecule has 0 bridgehead atoms. The van der Waals surface area contributed by atoms with Crippen LogP contribution < -0.4 is 0 Å². The maximum absolute atomic E-state index is 5.50. The Morgan fingerprint density at radius 3 is 1.94 bits per heavy atom. The fourth-order valence-corrected chi connectivity index (χ4v) is 2.80. The van der Waals surface area contributed by atoms with Gasteiger partial charge in [0.15, 0.2) is 0 Å². The highest BCUT2D eigenvalue weighted by atomic mass is 32.2. The van der Waals surface area contributed by atoms with Crippen LogP contribution in [-0.4, -0.2) is 8.94 Å². The third-order valence-corrected chi connectivity index (χ3v) is 5.19. The molecule has 0 radical (unpaired) electrons. The lowest BCUT2D eigenvalue weighted by Gasteiger charge is -2.38. The average Bonchev–Trinajstić information content (AvgIpc) is 2.16. The van der Waals surface area contributed by atoms with E-state index in [4.69, 9.17) is 12.2 Å². The SMILES string of the molecule is CC(C)(C)C(C)(C)SC(=S)c1ccccc1. The van der Waals surface area contributed by atoms with Crippen LogP contribution in [0.5, 0.6) is 0 Å². The molecule has 0 spiro atoms. The predicted octanol–water partition coefficient (Wildman–Crippen LogP) is 4.92. The van der Waals surface area contributed by atoms with E-state index in [0.29, 0.717) is 0 Å². The first-order chi connectivity index (χ1) is 7.24. The monoisotopic (exact) mass is 252 g/mol. The third-order valence-electron chi connectivity index (χ3n) is 3.16. The van der Waals surface area contributed by atoms with Crippen molar-refractivity contribution < 1.29 is 0 Å². The first-order valence-electron chi connectivity index (χ1n) is 5.52. The number of hydrogen-bond donors (Lipinski definition) is 0. The van der Waals surface area contributed by atoms with Gasteiger partial charge in [-0.15, -0.1) is 11.8 Å². The van der Waals surface area contributed by atoms with Gasteiger partial charge in [-0.3, -0.25) is 0 Å². The zero-order valence-corrected chi connectivity index (χ0v) is 12.3. The van der Waals surface area contributed by atoms with Gasteiger partial charge in [-0.2, -0.15) is 0 Å². The zero-order valence-electron chi connectivity index (χ0n) is 10.7. The van der Waals surface area contributed by atoms with Crippen LogP contribution in [0.15, 0.2) is 30.3 Å². The molecule has 0 amide bonds. The number of hydrogen-bond acceptors (Lipinski definition) is 2. The number of benzene rings is 1. The van der Waals surface area contributed by atoms with Crippen molar-refractivity contribution in [2.45, 2.75) is 39.4 Å². The van der Waals surface area contributed by atoms with Crippen LogP contribution in [0.3, 0.4) is 0 Å². The number of thioether (sulfide) groups is 1. The molecular weight excluding hydrogens is 232 g/mol. The molecule has 0 aliphatic rings. The predicted molar refractivity (Wildman–Crippen MR) is 79.3 cm³/mol. The molecule has 1 aromatic carbocycles. The summed E-state index contributed by atoms with van der Waals surface area (Å²) in [4.78, 5) is 0. The van der Waals surface area contributed by atoms with Gasteiger partial charge in [0, 0.05) is 4.75 Å². The van der Waals surface area contributed by atoms with Gasteiger partial charge in [0.2, 0.25) is 0 Å². The van der Waals surface area contributed by atoms with Crippen molar-refractivity contribution in [2.24, 2.45) is 5.41 Å². The van der Waals surface area contributed by atoms with Crippen molar-refractivity contribution in [1.82, 2.24) is 0 Å². The maximum Gasteiger partial charge on any atom is 0.0783 e. The zero-order chi connectivity index (χ0) is 12.4. The van der Waals surface area contributed by atoms with Crippen molar-refractivity contribution in [1.29, 1.82) is 0 Å². The van der Waals surface area contributed by atoms with Crippen LogP contribution in [0.4, 0.5) is 0 Å². The Balaban J connectivity index is 2.80. The average molecular weight is 252 g/mol. The van der Waals surface area contributed by atoms with Crippen LogP contribution >= 0.6 is 24.0 Å². The van der Waals surface area contributed by atoms with Gasteiger partial charge in [-0.05, 0) is 24.8 Å². The minimum atomic E-state index is 0.139. The van der Waals surface area contributed by atoms with E-state index in [9.17, 15) is 0 Å². The van der Waals surface area contributed by atoms with Crippen LogP contribution in [0, 0.1) is 5.41 Å². The quantitative estimate of drug-likeness (QED) is 0.685. The first-order valence-corrected chi connectivity index (χ1v) is 6.75. The Morgan fingerprint density at radius 1 is 1.00 bits per heavy atom. The second-order valence-corrected chi connectivity index (χ2v) is 7.82. The molecule has 0 saturated heterocycles. The molecular formula is C14H20S2. The standard InChI is InChI=1S/C14H20S2/c1-13(2,3)14(4,5)16-12(15)11-9-7-6-8-10-11/h6-10H,1-5H3. The Kier molecular flexibility index (Phi) is 4.19. The molecule has 0 aliphatic heterocycles. The maximum atomic E-state index is 5.50. The highest BCUT2D eigenvalue weighted by Gasteiger charge is 2.34. The van der Waals surface area contributed by atoms with E-state index in [-0.39, 0.29) is 10.2 Å². The molecule has 0 atom stereocenters. The molecule has 0 aromatic heterocycles. The summed E-state index contributed by atoms with van der Waals surface area (Å²) in [5, 5.41) is 0. The molecule has 0 fully saturated rings. The van der Waals surface area contributed by atoms with Gasteiger partial charge in [0.05, 0.1) is 4.20 Å². The Labute approximate surface area is 109 Å². The van der Waals surface area contributed by atoms with E-state index in [0.717, 1.165) is 9.76 Å². The minimum Gasteiger partial charge on any atom is -0.107 e. The fraction of sp³-hybridized carbons (Fsp3) is 0.500. The first kappa shape index (κ1) is 13.7. The molecule has 0 aliphatic carbocycles. The molecule has 16 heavy (non-hydrogen) atoms. The van der Waals surface area contributed by atoms with Crippen molar-refractivity contribution in [3.8, 4) is 0 Å². The second-order valence-electron chi connectivity index (χ2n) is 5.52. The lowest BCUT2D eigenvalue weighted by atomic mass is 9.83. The summed E-state index contributed by atoms with van der Waals surface area (Å²) in [5.74, 6) is 0. The van der Waals surface area contributed by atoms with Crippen LogP contribution in [-0.2, 0) is 0 Å². The summed E-state index contributed by atoms with van der Waals surface area (Å²) < 4.78 is 1.13. The van der Waals surface area contributed by atoms with E-state index < -0.39 is 0 Å². The van der Waals surface area contributed by atoms with E-state index in [1.165, 1.54) is 0 Å². The summed E-state index contributed by atoms with van der Waals surface area (Å²) in [5.41, 5.74) is 1.39. The summed E-state index contributed by atoms with van der Waals surface area (Å²) in [6, 6.07) is 10.2. The Hall–Kier alpha value is -0.340. The summed E-state index contributed by atoms with van der Waals surface area (Å²) in [7, 11) is 0. The molecule has 0 nitrogen and oxygen atoms in total.